The summed E-state index contributed by atoms with van der Waals surface area (Å²) in [6.07, 6.45) is -0.746. The molecule has 2 aromatic rings. The topological polar surface area (TPSA) is 124 Å². The van der Waals surface area contributed by atoms with Crippen molar-refractivity contribution in [3.05, 3.63) is 51.3 Å². The van der Waals surface area contributed by atoms with Crippen LogP contribution < -0.4 is 10.5 Å². The van der Waals surface area contributed by atoms with E-state index in [0.717, 1.165) is 0 Å². The van der Waals surface area contributed by atoms with Crippen LogP contribution in [0.2, 0.25) is 0 Å². The van der Waals surface area contributed by atoms with Crippen molar-refractivity contribution in [2.24, 2.45) is 0 Å². The highest BCUT2D eigenvalue weighted by Crippen LogP contribution is 2.31. The summed E-state index contributed by atoms with van der Waals surface area (Å²) < 4.78 is 5.78. The molecule has 0 radical (unpaired) electrons. The number of aromatic nitrogens is 2. The highest BCUT2D eigenvalue weighted by molar-refractivity contribution is 5.96. The molecule has 27 heavy (non-hydrogen) atoms. The van der Waals surface area contributed by atoms with Gasteiger partial charge < -0.3 is 15.4 Å². The first-order valence-electron chi connectivity index (χ1n) is 8.63. The molecule has 0 bridgehead atoms. The number of nitro benzene ring substituents is 1. The lowest BCUT2D eigenvalue weighted by Crippen LogP contribution is -2.33. The fraction of sp³-hybridized carbons (Fsp3) is 0.389. The number of nitro groups is 1. The van der Waals surface area contributed by atoms with Gasteiger partial charge in [0.05, 0.1) is 21.9 Å². The molecule has 144 valence electrons. The molecule has 0 aliphatic rings. The van der Waals surface area contributed by atoms with Crippen LogP contribution in [0, 0.1) is 17.0 Å². The van der Waals surface area contributed by atoms with Gasteiger partial charge in [-0.05, 0) is 33.8 Å². The molecule has 1 unspecified atom stereocenters. The van der Waals surface area contributed by atoms with Crippen LogP contribution in [-0.4, -0.2) is 38.8 Å². The van der Waals surface area contributed by atoms with Crippen molar-refractivity contribution in [3.8, 4) is 5.75 Å². The average molecular weight is 373 g/mol. The van der Waals surface area contributed by atoms with Crippen molar-refractivity contribution in [2.45, 2.75) is 33.8 Å². The van der Waals surface area contributed by atoms with Crippen molar-refractivity contribution >= 4 is 17.5 Å². The summed E-state index contributed by atoms with van der Waals surface area (Å²) in [7, 11) is 0. The molecule has 0 fully saturated rings. The van der Waals surface area contributed by atoms with E-state index in [1.165, 1.54) is 12.1 Å². The third-order valence-electron chi connectivity index (χ3n) is 4.15. The summed E-state index contributed by atoms with van der Waals surface area (Å²) >= 11 is 0. The van der Waals surface area contributed by atoms with Gasteiger partial charge in [-0.1, -0.05) is 12.1 Å². The van der Waals surface area contributed by atoms with Gasteiger partial charge in [0, 0.05) is 19.2 Å². The molecule has 0 aliphatic carbocycles. The Balaban J connectivity index is 2.48. The number of hydrogen-bond acceptors (Lipinski definition) is 7. The number of benzene rings is 1. The van der Waals surface area contributed by atoms with Gasteiger partial charge in [0.2, 0.25) is 5.95 Å². The Morgan fingerprint density at radius 2 is 1.93 bits per heavy atom. The van der Waals surface area contributed by atoms with E-state index < -0.39 is 11.0 Å². The molecule has 9 heteroatoms. The van der Waals surface area contributed by atoms with Gasteiger partial charge in [-0.15, -0.1) is 0 Å². The summed E-state index contributed by atoms with van der Waals surface area (Å²) in [5.41, 5.74) is 6.64. The Hall–Kier alpha value is -3.23. The van der Waals surface area contributed by atoms with Crippen LogP contribution in [0.3, 0.4) is 0 Å². The lowest BCUT2D eigenvalue weighted by Gasteiger charge is -2.23. The molecule has 1 aromatic heterocycles. The van der Waals surface area contributed by atoms with Gasteiger partial charge >= 0.3 is 5.69 Å². The van der Waals surface area contributed by atoms with Crippen LogP contribution in [-0.2, 0) is 0 Å². The number of carbonyl (C=O) groups excluding carboxylic acids is 1. The number of anilines is 1. The number of nitrogens with two attached hydrogens (primary N) is 1. The Labute approximate surface area is 157 Å². The van der Waals surface area contributed by atoms with Gasteiger partial charge in [-0.3, -0.25) is 14.9 Å². The van der Waals surface area contributed by atoms with Gasteiger partial charge in [-0.2, -0.15) is 0 Å². The van der Waals surface area contributed by atoms with E-state index in [9.17, 15) is 14.9 Å². The fourth-order valence-corrected chi connectivity index (χ4v) is 2.80. The molecular formula is C18H23N5O4. The standard InChI is InChI=1S/C18H23N5O4/c1-5-22(6-2)17(24)15-11(3)20-18(19)21-16(15)12(4)27-14-10-8-7-9-13(14)23(25)26/h7-10,12H,5-6H2,1-4H3,(H2,19,20,21). The minimum atomic E-state index is -0.746. The molecular weight excluding hydrogens is 350 g/mol. The largest absolute Gasteiger partial charge is 0.477 e. The lowest BCUT2D eigenvalue weighted by molar-refractivity contribution is -0.386. The molecule has 9 nitrogen and oxygen atoms in total. The van der Waals surface area contributed by atoms with Crippen LogP contribution in [0.5, 0.6) is 5.75 Å². The quantitative estimate of drug-likeness (QED) is 0.584. The molecule has 0 saturated carbocycles. The van der Waals surface area contributed by atoms with Crippen molar-refractivity contribution < 1.29 is 14.5 Å². The second-order valence-corrected chi connectivity index (χ2v) is 5.89. The zero-order valence-electron chi connectivity index (χ0n) is 15.8. The van der Waals surface area contributed by atoms with Gasteiger partial charge in [-0.25, -0.2) is 9.97 Å². The second-order valence-electron chi connectivity index (χ2n) is 5.89. The molecule has 0 spiro atoms. The van der Waals surface area contributed by atoms with Crippen LogP contribution in [0.4, 0.5) is 11.6 Å². The zero-order valence-corrected chi connectivity index (χ0v) is 15.8. The first-order chi connectivity index (χ1) is 12.8. The smallest absolute Gasteiger partial charge is 0.310 e. The molecule has 1 amide bonds. The summed E-state index contributed by atoms with van der Waals surface area (Å²) in [6.45, 7) is 8.15. The Morgan fingerprint density at radius 3 is 2.52 bits per heavy atom. The third kappa shape index (κ3) is 4.30. The Bertz CT molecular complexity index is 852. The van der Waals surface area contributed by atoms with Crippen molar-refractivity contribution in [1.82, 2.24) is 14.9 Å². The van der Waals surface area contributed by atoms with Crippen LogP contribution in [0.1, 0.15) is 48.6 Å². The van der Waals surface area contributed by atoms with Crippen molar-refractivity contribution in [3.63, 3.8) is 0 Å². The number of aryl methyl sites for hydroxylation is 1. The Kier molecular flexibility index (Phi) is 6.27. The molecule has 1 heterocycles. The van der Waals surface area contributed by atoms with E-state index in [1.54, 1.807) is 30.9 Å². The van der Waals surface area contributed by atoms with Crippen molar-refractivity contribution in [1.29, 1.82) is 0 Å². The van der Waals surface area contributed by atoms with Crippen LogP contribution in [0.25, 0.3) is 0 Å². The third-order valence-corrected chi connectivity index (χ3v) is 4.15. The Morgan fingerprint density at radius 1 is 1.30 bits per heavy atom. The van der Waals surface area contributed by atoms with E-state index >= 15 is 0 Å². The highest BCUT2D eigenvalue weighted by atomic mass is 16.6. The summed E-state index contributed by atoms with van der Waals surface area (Å²) in [4.78, 5) is 33.6. The van der Waals surface area contributed by atoms with Gasteiger partial charge in [0.15, 0.2) is 5.75 Å². The maximum atomic E-state index is 12.9. The van der Waals surface area contributed by atoms with Gasteiger partial charge in [0.25, 0.3) is 5.91 Å². The molecule has 0 aliphatic heterocycles. The number of carbonyl (C=O) groups is 1. The van der Waals surface area contributed by atoms with E-state index in [4.69, 9.17) is 10.5 Å². The van der Waals surface area contributed by atoms with Crippen LogP contribution >= 0.6 is 0 Å². The second kappa shape index (κ2) is 8.43. The van der Waals surface area contributed by atoms with Gasteiger partial charge in [0.1, 0.15) is 6.10 Å². The van der Waals surface area contributed by atoms with Crippen LogP contribution in [0.15, 0.2) is 24.3 Å². The molecule has 1 aromatic carbocycles. The van der Waals surface area contributed by atoms with E-state index in [0.29, 0.717) is 30.0 Å². The zero-order chi connectivity index (χ0) is 20.1. The van der Waals surface area contributed by atoms with E-state index in [2.05, 4.69) is 9.97 Å². The number of nitrogens with zero attached hydrogens (tertiary/aromatic N) is 4. The number of ether oxygens (including phenoxy) is 1. The number of nitrogen functional groups attached to an aromatic ring is 1. The maximum Gasteiger partial charge on any atom is 0.310 e. The first-order valence-corrected chi connectivity index (χ1v) is 8.63. The predicted octanol–water partition coefficient (Wildman–Crippen LogP) is 2.90. The average Bonchev–Trinajstić information content (AvgIpc) is 2.62. The number of hydrogen-bond donors (Lipinski definition) is 1. The highest BCUT2D eigenvalue weighted by Gasteiger charge is 2.27. The molecule has 2 N–H and O–H groups in total. The monoisotopic (exact) mass is 373 g/mol. The molecule has 2 rings (SSSR count). The maximum absolute atomic E-state index is 12.9. The minimum absolute atomic E-state index is 0.0107. The minimum Gasteiger partial charge on any atom is -0.477 e. The predicted molar refractivity (Wildman–Crippen MR) is 101 cm³/mol. The fourth-order valence-electron chi connectivity index (χ4n) is 2.80. The summed E-state index contributed by atoms with van der Waals surface area (Å²) in [5, 5.41) is 11.2. The summed E-state index contributed by atoms with van der Waals surface area (Å²) in [6, 6.07) is 6.04. The van der Waals surface area contributed by atoms with Crippen molar-refractivity contribution in [2.75, 3.05) is 18.8 Å². The van der Waals surface area contributed by atoms with E-state index in [-0.39, 0.29) is 23.3 Å². The molecule has 0 saturated heterocycles. The number of rotatable bonds is 7. The lowest BCUT2D eigenvalue weighted by atomic mass is 10.1. The van der Waals surface area contributed by atoms with E-state index in [1.807, 2.05) is 13.8 Å². The molecule has 1 atom stereocenters. The summed E-state index contributed by atoms with van der Waals surface area (Å²) in [5.74, 6) is -0.131. The first kappa shape index (κ1) is 20.1. The number of para-hydroxylation sites is 2. The SMILES string of the molecule is CCN(CC)C(=O)c1c(C)nc(N)nc1C(C)Oc1ccccc1[N+](=O)[O-]. The number of amides is 1. The normalized spacial score (nSPS) is 11.7.